The van der Waals surface area contributed by atoms with E-state index in [1.165, 1.54) is 19.4 Å². The number of guanidine groups is 1. The Labute approximate surface area is 433 Å². The molecule has 0 unspecified atom stereocenters. The Hall–Kier alpha value is -8.35. The first kappa shape index (κ1) is 57.5. The molecule has 0 aliphatic carbocycles. The number of amides is 9. The van der Waals surface area contributed by atoms with Gasteiger partial charge in [-0.2, -0.15) is 0 Å². The zero-order chi connectivity index (χ0) is 54.3. The van der Waals surface area contributed by atoms with Crippen LogP contribution in [0.15, 0.2) is 78.3 Å². The molecule has 404 valence electrons. The molecule has 0 saturated carbocycles. The average Bonchev–Trinajstić information content (AvgIpc) is 4.05. The zero-order valence-corrected chi connectivity index (χ0v) is 42.0. The zero-order valence-electron chi connectivity index (χ0n) is 42.0. The molecule has 1 aliphatic rings. The van der Waals surface area contributed by atoms with E-state index in [0.717, 1.165) is 10.9 Å². The topological polar surface area (TPSA) is 411 Å². The Kier molecular flexibility index (Phi) is 22.5. The van der Waals surface area contributed by atoms with E-state index in [1.54, 1.807) is 36.5 Å². The smallest absolute Gasteiger partial charge is 0.243 e. The summed E-state index contributed by atoms with van der Waals surface area (Å²) in [4.78, 5) is 139. The first-order valence-corrected chi connectivity index (χ1v) is 25.0. The van der Waals surface area contributed by atoms with Crippen LogP contribution < -0.4 is 65.5 Å². The number of aliphatic imine (C=N–C) groups is 1. The van der Waals surface area contributed by atoms with Crippen LogP contribution in [0.3, 0.4) is 0 Å². The number of unbranched alkanes of at least 4 members (excludes halogenated alkanes) is 1. The molecule has 2 aromatic carbocycles. The van der Waals surface area contributed by atoms with Gasteiger partial charge in [0, 0.05) is 68.3 Å². The van der Waals surface area contributed by atoms with Gasteiger partial charge in [0.2, 0.25) is 53.2 Å². The molecule has 1 fully saturated rings. The monoisotopic (exact) mass is 1040 g/mol. The molecule has 1 saturated heterocycles. The van der Waals surface area contributed by atoms with E-state index in [-0.39, 0.29) is 76.8 Å². The van der Waals surface area contributed by atoms with Gasteiger partial charge >= 0.3 is 0 Å². The highest BCUT2D eigenvalue weighted by molar-refractivity contribution is 5.99. The van der Waals surface area contributed by atoms with Crippen molar-refractivity contribution in [1.29, 1.82) is 0 Å². The second-order valence-corrected chi connectivity index (χ2v) is 18.3. The van der Waals surface area contributed by atoms with E-state index in [1.807, 2.05) is 24.3 Å². The fourth-order valence-corrected chi connectivity index (χ4v) is 8.48. The summed E-state index contributed by atoms with van der Waals surface area (Å²) in [6.45, 7) is 1.65. The first-order valence-electron chi connectivity index (χ1n) is 25.0. The van der Waals surface area contributed by atoms with Gasteiger partial charge in [0.15, 0.2) is 5.96 Å². The van der Waals surface area contributed by atoms with Crippen LogP contribution in [0.1, 0.15) is 81.5 Å². The summed E-state index contributed by atoms with van der Waals surface area (Å²) in [6.07, 6.45) is 5.31. The number of H-pyrrole nitrogens is 2. The molecule has 9 amide bonds. The third kappa shape index (κ3) is 18.9. The fraction of sp³-hybridized carbons (Fsp3) is 0.460. The Morgan fingerprint density at radius 2 is 1.40 bits per heavy atom. The number of carbonyl (C=O) groups excluding carboxylic acids is 9. The summed E-state index contributed by atoms with van der Waals surface area (Å²) in [5.74, 6) is -7.22. The van der Waals surface area contributed by atoms with Crippen molar-refractivity contribution in [1.82, 2.24) is 57.5 Å². The number of rotatable bonds is 18. The van der Waals surface area contributed by atoms with E-state index in [0.29, 0.717) is 36.2 Å². The Morgan fingerprint density at radius 3 is 2.08 bits per heavy atom. The van der Waals surface area contributed by atoms with Crippen LogP contribution in [-0.2, 0) is 62.4 Å². The lowest BCUT2D eigenvalue weighted by atomic mass is 10.0. The number of aromatic amines is 2. The third-order valence-electron chi connectivity index (χ3n) is 12.4. The minimum Gasteiger partial charge on any atom is -0.370 e. The van der Waals surface area contributed by atoms with Crippen molar-refractivity contribution in [2.24, 2.45) is 27.9 Å². The van der Waals surface area contributed by atoms with E-state index >= 15 is 0 Å². The summed E-state index contributed by atoms with van der Waals surface area (Å²) in [5, 5.41) is 22.3. The van der Waals surface area contributed by atoms with Crippen molar-refractivity contribution < 1.29 is 43.2 Å². The maximum atomic E-state index is 14.7. The highest BCUT2D eigenvalue weighted by Crippen LogP contribution is 2.20. The minimum atomic E-state index is -1.60. The highest BCUT2D eigenvalue weighted by Gasteiger charge is 2.35. The summed E-state index contributed by atoms with van der Waals surface area (Å²) >= 11 is 0. The Morgan fingerprint density at radius 1 is 0.747 bits per heavy atom. The molecule has 3 heterocycles. The molecule has 1 aliphatic heterocycles. The lowest BCUT2D eigenvalue weighted by Gasteiger charge is -2.28. The van der Waals surface area contributed by atoms with Gasteiger partial charge in [0.05, 0.1) is 12.7 Å². The summed E-state index contributed by atoms with van der Waals surface area (Å²) in [5.41, 5.74) is 25.1. The van der Waals surface area contributed by atoms with Crippen molar-refractivity contribution in [3.8, 4) is 0 Å². The molecule has 25 heteroatoms. The number of aromatic nitrogens is 3. The van der Waals surface area contributed by atoms with Crippen LogP contribution in [0, 0.1) is 0 Å². The number of carbonyl (C=O) groups is 9. The number of hydrogen-bond acceptors (Lipinski definition) is 12. The normalized spacial score (nSPS) is 21.2. The maximum Gasteiger partial charge on any atom is 0.243 e. The van der Waals surface area contributed by atoms with Gasteiger partial charge in [-0.3, -0.25) is 48.1 Å². The fourth-order valence-electron chi connectivity index (χ4n) is 8.48. The number of primary amides is 1. The summed E-state index contributed by atoms with van der Waals surface area (Å²) < 4.78 is 0. The number of nitrogens with zero attached hydrogens (tertiary/aromatic N) is 2. The van der Waals surface area contributed by atoms with Gasteiger partial charge in [0.25, 0.3) is 0 Å². The number of para-hydroxylation sites is 1. The van der Waals surface area contributed by atoms with Crippen molar-refractivity contribution in [2.75, 3.05) is 19.6 Å². The van der Waals surface area contributed by atoms with Crippen LogP contribution in [0.25, 0.3) is 10.9 Å². The summed E-state index contributed by atoms with van der Waals surface area (Å²) in [7, 11) is 0. The number of fused-ring (bicyclic) bond motifs is 1. The second-order valence-electron chi connectivity index (χ2n) is 18.3. The lowest BCUT2D eigenvalue weighted by molar-refractivity contribution is -0.136. The number of hydrogen-bond donors (Lipinski definition) is 14. The molecule has 2 aromatic heterocycles. The first-order chi connectivity index (χ1) is 36.0. The van der Waals surface area contributed by atoms with E-state index < -0.39 is 102 Å². The molecular formula is C50H70N16O9. The predicted molar refractivity (Wildman–Crippen MR) is 277 cm³/mol. The van der Waals surface area contributed by atoms with Crippen LogP contribution >= 0.6 is 0 Å². The third-order valence-corrected chi connectivity index (χ3v) is 12.4. The van der Waals surface area contributed by atoms with E-state index in [9.17, 15) is 43.2 Å². The van der Waals surface area contributed by atoms with Crippen molar-refractivity contribution in [3.63, 3.8) is 0 Å². The van der Waals surface area contributed by atoms with Crippen molar-refractivity contribution in [3.05, 3.63) is 90.1 Å². The largest absolute Gasteiger partial charge is 0.370 e. The van der Waals surface area contributed by atoms with E-state index in [4.69, 9.17) is 22.9 Å². The molecule has 75 heavy (non-hydrogen) atoms. The Balaban J connectivity index is 1.55. The molecule has 0 bridgehead atoms. The molecule has 5 rings (SSSR count). The van der Waals surface area contributed by atoms with Gasteiger partial charge in [-0.15, -0.1) is 0 Å². The number of nitrogens with two attached hydrogens (primary N) is 4. The minimum absolute atomic E-state index is 0.0332. The van der Waals surface area contributed by atoms with Crippen LogP contribution in [-0.4, -0.2) is 136 Å². The predicted octanol–water partition coefficient (Wildman–Crippen LogP) is -2.31. The van der Waals surface area contributed by atoms with E-state index in [2.05, 4.69) is 62.5 Å². The molecule has 0 spiro atoms. The molecular weight excluding hydrogens is 969 g/mol. The van der Waals surface area contributed by atoms with Crippen molar-refractivity contribution >= 4 is 70.0 Å². The van der Waals surface area contributed by atoms with Crippen LogP contribution in [0.5, 0.6) is 0 Å². The second kappa shape index (κ2) is 29.4. The number of imidazole rings is 1. The standard InChI is InChI=1S/C50H70N16O9/c1-29(67)60-36(17-7-9-19-51)44(70)66-41-25-42(68)56-20-10-8-16-35(43(52)69)61-47(73)39(23-31-26-58-34-15-6-5-14-33(31)34)64-45(71)37(18-11-21-57-50(53)54)62-46(72)38(22-30-12-3-2-4-13-30)63-48(74)40(65-49(41)75)24-32-27-55-28-59-32/h2-6,12-15,26-28,35-41,58H,7-11,16-25,51H2,1H3,(H2,52,69)(H,55,59)(H,56,68)(H,60,67)(H,61,73)(H,62,72)(H,63,74)(H,64,71)(H,65,75)(H,66,70)(H4,53,54,57)/t35-,36-,37-,38+,39-,40-,41-/m0/s1. The van der Waals surface area contributed by atoms with Gasteiger partial charge in [-0.05, 0) is 75.1 Å². The van der Waals surface area contributed by atoms with Gasteiger partial charge in [-0.25, -0.2) is 4.98 Å². The molecule has 7 atom stereocenters. The molecule has 4 aromatic rings. The van der Waals surface area contributed by atoms with Gasteiger partial charge in [0.1, 0.15) is 42.3 Å². The summed E-state index contributed by atoms with van der Waals surface area (Å²) in [6, 6.07) is 6.52. The van der Waals surface area contributed by atoms with Gasteiger partial charge in [-0.1, -0.05) is 48.5 Å². The quantitative estimate of drug-likeness (QED) is 0.0284. The van der Waals surface area contributed by atoms with Crippen molar-refractivity contribution in [2.45, 2.75) is 126 Å². The number of benzene rings is 2. The van der Waals surface area contributed by atoms with Crippen LogP contribution in [0.2, 0.25) is 0 Å². The molecule has 0 radical (unpaired) electrons. The SMILES string of the molecule is CC(=O)N[C@@H](CCCCN)C(=O)N[C@H]1CC(=O)NCCCC[C@@H](C(N)=O)NC(=O)[C@H](Cc2c[nH]c3ccccc23)NC(=O)[C@H](CCCN=C(N)N)NC(=O)[C@@H](Cc2ccccc2)NC(=O)[C@H](Cc2cnc[nH]2)NC1=O. The van der Waals surface area contributed by atoms with Gasteiger partial charge < -0.3 is 75.4 Å². The molecule has 25 nitrogen and oxygen atoms in total. The maximum absolute atomic E-state index is 14.7. The highest BCUT2D eigenvalue weighted by atomic mass is 16.2. The lowest BCUT2D eigenvalue weighted by Crippen LogP contribution is -2.61. The Bertz CT molecular complexity index is 2600. The average molecular weight is 1040 g/mol. The van der Waals surface area contributed by atoms with Crippen LogP contribution in [0.4, 0.5) is 0 Å². The number of nitrogens with one attached hydrogen (secondary N) is 10. The molecule has 18 N–H and O–H groups in total.